The number of furan rings is 1. The quantitative estimate of drug-likeness (QED) is 0.0501. The number of anilines is 7. The number of aromatic amines is 1. The number of aryl methyl sites for hydroxylation is 5. The van der Waals surface area contributed by atoms with Crippen LogP contribution in [-0.4, -0.2) is 173 Å². The molecule has 0 radical (unpaired) electrons. The summed E-state index contributed by atoms with van der Waals surface area (Å²) in [5.41, 5.74) is 60.4. The van der Waals surface area contributed by atoms with Crippen molar-refractivity contribution in [3.63, 3.8) is 0 Å². The summed E-state index contributed by atoms with van der Waals surface area (Å²) < 4.78 is 32.6. The molecule has 0 spiro atoms. The lowest BCUT2D eigenvalue weighted by atomic mass is 9.86. The molecule has 4 aliphatic rings. The predicted octanol–water partition coefficient (Wildman–Crippen LogP) is 19.6. The second kappa shape index (κ2) is 39.5. The van der Waals surface area contributed by atoms with Gasteiger partial charge in [-0.25, -0.2) is 69.5 Å². The maximum atomic E-state index is 6.52. The summed E-state index contributed by atoms with van der Waals surface area (Å²) >= 11 is 25.8. The van der Waals surface area contributed by atoms with Crippen molar-refractivity contribution in [2.75, 3.05) is 91.6 Å². The molecule has 17 heterocycles. The van der Waals surface area contributed by atoms with Crippen LogP contribution in [0.15, 0.2) is 232 Å². The summed E-state index contributed by atoms with van der Waals surface area (Å²) in [6.07, 6.45) is 19.2. The minimum Gasteiger partial charge on any atom is -0.460 e. The van der Waals surface area contributed by atoms with Gasteiger partial charge in [-0.2, -0.15) is 15.3 Å². The van der Waals surface area contributed by atoms with Gasteiger partial charge in [-0.3, -0.25) is 19.2 Å². The first-order valence-electron chi connectivity index (χ1n) is 46.1. The molecule has 21 aromatic rings. The molecule has 143 heavy (non-hydrogen) atoms. The van der Waals surface area contributed by atoms with Gasteiger partial charge in [0.05, 0.1) is 109 Å². The molecule has 718 valence electrons. The van der Waals surface area contributed by atoms with Crippen molar-refractivity contribution < 1.29 is 22.5 Å². The molecule has 4 fully saturated rings. The van der Waals surface area contributed by atoms with Crippen molar-refractivity contribution in [3.05, 3.63) is 262 Å². The van der Waals surface area contributed by atoms with E-state index in [-0.39, 0.29) is 12.0 Å². The molecule has 0 unspecified atom stereocenters. The first kappa shape index (κ1) is 93.1. The van der Waals surface area contributed by atoms with E-state index in [2.05, 4.69) is 83.2 Å². The normalized spacial score (nSPS) is 14.0. The first-order valence-corrected chi connectivity index (χ1v) is 47.6. The maximum Gasteiger partial charge on any atom is 0.182 e. The van der Waals surface area contributed by atoms with Crippen LogP contribution in [0.5, 0.6) is 0 Å². The summed E-state index contributed by atoms with van der Waals surface area (Å²) in [6, 6.07) is 52.3. The second-order valence-corrected chi connectivity index (χ2v) is 37.1. The molecule has 36 nitrogen and oxygen atoms in total. The Balaban J connectivity index is 0.000000106. The fourth-order valence-corrected chi connectivity index (χ4v) is 19.0. The van der Waals surface area contributed by atoms with Gasteiger partial charge in [0.25, 0.3) is 0 Å². The number of likely N-dealkylation sites (N-methyl/N-ethyl adjacent to an activating group) is 1. The highest BCUT2D eigenvalue weighted by Crippen LogP contribution is 2.46. The third kappa shape index (κ3) is 19.1. The number of nitrogens with two attached hydrogens (primary N) is 6. The van der Waals surface area contributed by atoms with Gasteiger partial charge in [0.1, 0.15) is 79.5 Å². The van der Waals surface area contributed by atoms with E-state index in [1.807, 2.05) is 210 Å². The Morgan fingerprint density at radius 1 is 0.427 bits per heavy atom. The van der Waals surface area contributed by atoms with Gasteiger partial charge in [0, 0.05) is 127 Å². The van der Waals surface area contributed by atoms with Crippen LogP contribution >= 0.6 is 46.4 Å². The highest BCUT2D eigenvalue weighted by Gasteiger charge is 2.34. The van der Waals surface area contributed by atoms with E-state index in [1.54, 1.807) is 38.8 Å². The number of oxazole rings is 2. The Kier molecular flexibility index (Phi) is 25.7. The topological polar surface area (TPSA) is 490 Å². The van der Waals surface area contributed by atoms with E-state index in [9.17, 15) is 0 Å². The molecule has 40 heteroatoms. The molecule has 1 aliphatic carbocycles. The van der Waals surface area contributed by atoms with Gasteiger partial charge >= 0.3 is 0 Å². The Morgan fingerprint density at radius 2 is 0.979 bits per heavy atom. The van der Waals surface area contributed by atoms with E-state index in [4.69, 9.17) is 138 Å². The molecule has 7 aromatic carbocycles. The van der Waals surface area contributed by atoms with E-state index in [1.165, 1.54) is 32.0 Å². The second-order valence-electron chi connectivity index (χ2n) is 35.4. The van der Waals surface area contributed by atoms with Gasteiger partial charge in [-0.1, -0.05) is 138 Å². The number of nitrogens with one attached hydrogen (secondary N) is 1. The summed E-state index contributed by atoms with van der Waals surface area (Å²) in [7, 11) is 5.80. The monoisotopic (exact) mass is 1980 g/mol. The van der Waals surface area contributed by atoms with Gasteiger partial charge in [-0.15, -0.1) is 0 Å². The lowest BCUT2D eigenvalue weighted by Crippen LogP contribution is -2.56. The number of hydrogen-bond donors (Lipinski definition) is 7. The summed E-state index contributed by atoms with van der Waals surface area (Å²) in [6.45, 7) is 11.0. The number of nitrogen functional groups attached to an aromatic ring is 5. The van der Waals surface area contributed by atoms with E-state index >= 15 is 0 Å². The fraction of sp³-hybridized carbons (Fsp3) is 0.204. The molecule has 3 aliphatic heterocycles. The van der Waals surface area contributed by atoms with Crippen LogP contribution in [0.25, 0.3) is 174 Å². The fourth-order valence-electron chi connectivity index (χ4n) is 18.0. The summed E-state index contributed by atoms with van der Waals surface area (Å²) in [4.78, 5) is 74.6. The van der Waals surface area contributed by atoms with E-state index in [0.717, 1.165) is 145 Å². The molecule has 0 amide bonds. The smallest absolute Gasteiger partial charge is 0.182 e. The third-order valence-electron chi connectivity index (χ3n) is 25.1. The lowest BCUT2D eigenvalue weighted by molar-refractivity contribution is 0.00695. The highest BCUT2D eigenvalue weighted by atomic mass is 35.5. The molecule has 14 aromatic heterocycles. The van der Waals surface area contributed by atoms with Crippen molar-refractivity contribution >= 4 is 142 Å². The van der Waals surface area contributed by atoms with Crippen molar-refractivity contribution in [3.8, 4) is 119 Å². The molecular weight excluding hydrogens is 1890 g/mol. The van der Waals surface area contributed by atoms with E-state index < -0.39 is 0 Å². The van der Waals surface area contributed by atoms with Crippen molar-refractivity contribution in [1.82, 2.24) is 114 Å². The van der Waals surface area contributed by atoms with Crippen LogP contribution < -0.4 is 44.2 Å². The number of rotatable bonds is 15. The average Bonchev–Trinajstić information content (AvgIpc) is 1.75. The zero-order valence-electron chi connectivity index (χ0n) is 78.2. The average molecular weight is 1990 g/mol. The number of nitrogens with zero attached hydrogens (tertiary/aromatic N) is 24. The molecule has 13 N–H and O–H groups in total. The van der Waals surface area contributed by atoms with Crippen LogP contribution in [0, 0.1) is 20.8 Å². The number of hydrogen-bond acceptors (Lipinski definition) is 32. The first-order chi connectivity index (χ1) is 69.4. The molecule has 0 bridgehead atoms. The highest BCUT2D eigenvalue weighted by molar-refractivity contribution is 6.37. The minimum absolute atomic E-state index is 0.119. The molecule has 25 rings (SSSR count). The number of aromatic nitrogens is 22. The Morgan fingerprint density at radius 3 is 1.58 bits per heavy atom. The van der Waals surface area contributed by atoms with Gasteiger partial charge in [-0.05, 0) is 143 Å². The van der Waals surface area contributed by atoms with Crippen LogP contribution in [0.3, 0.4) is 0 Å². The van der Waals surface area contributed by atoms with Crippen molar-refractivity contribution in [1.29, 1.82) is 0 Å². The Hall–Kier alpha value is -16.2. The van der Waals surface area contributed by atoms with Crippen LogP contribution in [0.4, 0.5) is 40.7 Å². The maximum absolute atomic E-state index is 6.52. The minimum atomic E-state index is 0.119. The van der Waals surface area contributed by atoms with E-state index in [0.29, 0.717) is 183 Å². The molecular formula is C103H93Cl4N31O5. The third-order valence-corrected chi connectivity index (χ3v) is 26.3. The standard InChI is InChI=1S/C22H22N6O.C21H19ClN6O.C21H21ClN6O.C21H15ClN6O.C18H16ClN7O/c1-14-10-16(11-17-12-24-29-20(14)17)19-18(15-6-4-3-5-7-15)25-21(23)22(26-19)28-9-8-27(2)13-28;1-11-4-5-16(29-11)19-18(27-21(20(24)26-19)28-9-14(23)10-28)13-7-12-3-2-6-25-17(12)15(22)8-13;2*1-28-8-7-15(27-28)20-17(13-9-14(22)19-16(10-13)29-11-24-19)25-18(21(23)26-20)12-5-3-2-4-6-12;1-9-2-3-26(25-9)18-15(23-14(17(20)24-18)11-6-27-7-11)10-4-12(19)16-13(5-10)21-8-22-16/h3-7,10-12H,8-9,13H2,1-2H3,(H2,23,25);2-8,14H,9-10,23H2,1H3,(H2,24,26);7-12H,2-6H2,1H3,(H2,23,26);2-11H,1H3,(H2,23,26);2-5,8,11H,6-7H2,1H3,(H2,20,24)(H,21,22). The summed E-state index contributed by atoms with van der Waals surface area (Å²) in [5.74, 6) is 5.76. The van der Waals surface area contributed by atoms with Gasteiger partial charge < -0.3 is 71.7 Å². The van der Waals surface area contributed by atoms with Gasteiger partial charge in [0.15, 0.2) is 70.2 Å². The number of H-pyrrole nitrogens is 1. The number of pyridine rings is 1. The SMILES string of the molecule is Cc1cc(-c2nc(N3CCN(C)C3)c(N)nc2-c2ccccc2)cc2cnoc12.Cc1ccc(-c2nc(N)c(N3CC(N)C3)nc2-c2cc(Cl)c3ncccc3c2)o1.Cc1ccn(-c2nc(N)c(C3COC3)nc2-c2cc(Cl)c3nc[nH]c3c2)n1.Cn1ccc(-c2nc(N)c(-c3ccccc3)nc2-c2cc(Cl)c3ncoc3c2)n1.Cn1ccc(-c2nc(N)c(C3CCCCC3)nc2-c2cc(Cl)c3ncoc3c2)n1. The number of ether oxygens (including phenoxy) is 1. The van der Waals surface area contributed by atoms with Gasteiger partial charge in [0.2, 0.25) is 0 Å². The predicted molar refractivity (Wildman–Crippen MR) is 556 cm³/mol. The lowest BCUT2D eigenvalue weighted by Gasteiger charge is -2.38. The largest absolute Gasteiger partial charge is 0.460 e. The number of benzene rings is 7. The Bertz CT molecular complexity index is 8310. The molecule has 3 saturated heterocycles. The zero-order valence-corrected chi connectivity index (χ0v) is 81.2. The van der Waals surface area contributed by atoms with Crippen LogP contribution in [0.1, 0.15) is 72.3 Å². The van der Waals surface area contributed by atoms with Crippen molar-refractivity contribution in [2.24, 2.45) is 19.8 Å². The summed E-state index contributed by atoms with van der Waals surface area (Å²) in [5, 5.41) is 21.3. The van der Waals surface area contributed by atoms with Crippen molar-refractivity contribution in [2.45, 2.75) is 70.8 Å². The van der Waals surface area contributed by atoms with Crippen LogP contribution in [0.2, 0.25) is 20.1 Å². The van der Waals surface area contributed by atoms with Crippen LogP contribution in [-0.2, 0) is 18.8 Å². The number of fused-ring (bicyclic) bond motifs is 5. The number of imidazole rings is 1. The molecule has 1 saturated carbocycles. The number of halogens is 4. The molecule has 0 atom stereocenters. The Labute approximate surface area is 836 Å². The zero-order chi connectivity index (χ0) is 98.5.